The van der Waals surface area contributed by atoms with Crippen LogP contribution in [-0.2, 0) is 11.2 Å². The second-order valence-corrected chi connectivity index (χ2v) is 5.01. The molecule has 1 amide bonds. The van der Waals surface area contributed by atoms with E-state index in [1.165, 1.54) is 6.08 Å². The molecule has 0 unspecified atom stereocenters. The van der Waals surface area contributed by atoms with Crippen molar-refractivity contribution in [2.75, 3.05) is 18.5 Å². The third kappa shape index (κ3) is 5.59. The number of carbonyl (C=O) groups is 1. The molecule has 0 heterocycles. The third-order valence-electron chi connectivity index (χ3n) is 3.23. The zero-order valence-electron chi connectivity index (χ0n) is 13.1. The van der Waals surface area contributed by atoms with Crippen LogP contribution in [0.25, 0.3) is 6.08 Å². The topological polar surface area (TPSA) is 82.3 Å². The lowest BCUT2D eigenvalue weighted by Gasteiger charge is -2.04. The number of nitrogens with zero attached hydrogens (tertiary/aromatic N) is 1. The van der Waals surface area contributed by atoms with Crippen molar-refractivity contribution in [1.29, 1.82) is 5.26 Å². The first-order chi connectivity index (χ1) is 11.7. The van der Waals surface area contributed by atoms with E-state index in [0.717, 1.165) is 11.1 Å². The van der Waals surface area contributed by atoms with Crippen molar-refractivity contribution in [3.8, 4) is 11.8 Å². The highest BCUT2D eigenvalue weighted by Gasteiger charge is 1.99. The molecule has 0 aliphatic carbocycles. The van der Waals surface area contributed by atoms with Crippen LogP contribution < -0.4 is 10.1 Å². The molecule has 5 heteroatoms. The van der Waals surface area contributed by atoms with Gasteiger partial charge in [-0.05, 0) is 47.9 Å². The van der Waals surface area contributed by atoms with Crippen LogP contribution in [0.2, 0.25) is 0 Å². The Bertz CT molecular complexity index is 729. The van der Waals surface area contributed by atoms with E-state index in [9.17, 15) is 4.79 Å². The predicted molar refractivity (Wildman–Crippen MR) is 92.4 cm³/mol. The molecule has 24 heavy (non-hydrogen) atoms. The number of aliphatic hydroxyl groups is 1. The first-order valence-corrected chi connectivity index (χ1v) is 7.50. The van der Waals surface area contributed by atoms with Gasteiger partial charge in [-0.1, -0.05) is 24.3 Å². The van der Waals surface area contributed by atoms with Crippen molar-refractivity contribution in [3.63, 3.8) is 0 Å². The standard InChI is InChI=1S/C19H18N2O3/c20-12-14-24-18-8-3-15(4-9-18)5-10-19(23)21-17-6-1-16(2-7-17)11-13-22/h1-10,22H,11,13-14H2,(H,21,23). The van der Waals surface area contributed by atoms with Crippen LogP contribution in [0.4, 0.5) is 5.69 Å². The maximum absolute atomic E-state index is 11.9. The van der Waals surface area contributed by atoms with Crippen LogP contribution in [0.5, 0.6) is 5.75 Å². The lowest BCUT2D eigenvalue weighted by Crippen LogP contribution is -2.07. The molecule has 2 rings (SSSR count). The van der Waals surface area contributed by atoms with Crippen molar-refractivity contribution >= 4 is 17.7 Å². The number of nitriles is 1. The minimum absolute atomic E-state index is 0.00862. The van der Waals surface area contributed by atoms with Gasteiger partial charge < -0.3 is 15.2 Å². The Balaban J connectivity index is 1.89. The average Bonchev–Trinajstić information content (AvgIpc) is 2.61. The van der Waals surface area contributed by atoms with Crippen LogP contribution in [0.3, 0.4) is 0 Å². The van der Waals surface area contributed by atoms with Crippen molar-refractivity contribution in [1.82, 2.24) is 0 Å². The fraction of sp³-hybridized carbons (Fsp3) is 0.158. The van der Waals surface area contributed by atoms with Crippen LogP contribution >= 0.6 is 0 Å². The summed E-state index contributed by atoms with van der Waals surface area (Å²) in [6.45, 7) is 0.115. The summed E-state index contributed by atoms with van der Waals surface area (Å²) in [6, 6.07) is 16.4. The molecule has 0 saturated heterocycles. The number of hydrogen-bond donors (Lipinski definition) is 2. The second kappa shape index (κ2) is 9.13. The molecule has 0 saturated carbocycles. The second-order valence-electron chi connectivity index (χ2n) is 5.01. The van der Waals surface area contributed by atoms with Gasteiger partial charge in [0.15, 0.2) is 6.61 Å². The number of anilines is 1. The van der Waals surface area contributed by atoms with Gasteiger partial charge in [0.25, 0.3) is 0 Å². The SMILES string of the molecule is N#CCOc1ccc(C=CC(=O)Nc2ccc(CCO)cc2)cc1. The van der Waals surface area contributed by atoms with Gasteiger partial charge in [0.1, 0.15) is 11.8 Å². The quantitative estimate of drug-likeness (QED) is 0.768. The van der Waals surface area contributed by atoms with Gasteiger partial charge in [0.2, 0.25) is 5.91 Å². The van der Waals surface area contributed by atoms with Gasteiger partial charge in [-0.2, -0.15) is 5.26 Å². The molecule has 0 aromatic heterocycles. The van der Waals surface area contributed by atoms with E-state index >= 15 is 0 Å². The summed E-state index contributed by atoms with van der Waals surface area (Å²) in [6.07, 6.45) is 3.75. The number of benzene rings is 2. The first kappa shape index (κ1) is 17.3. The van der Waals surface area contributed by atoms with Gasteiger partial charge >= 0.3 is 0 Å². The molecule has 0 aliphatic rings. The summed E-state index contributed by atoms with van der Waals surface area (Å²) in [5, 5.41) is 20.1. The van der Waals surface area contributed by atoms with E-state index in [4.69, 9.17) is 15.1 Å². The molecule has 0 fully saturated rings. The van der Waals surface area contributed by atoms with Crippen LogP contribution in [-0.4, -0.2) is 24.2 Å². The van der Waals surface area contributed by atoms with E-state index in [-0.39, 0.29) is 19.1 Å². The fourth-order valence-electron chi connectivity index (χ4n) is 2.03. The molecule has 2 N–H and O–H groups in total. The van der Waals surface area contributed by atoms with Crippen LogP contribution in [0.15, 0.2) is 54.6 Å². The van der Waals surface area contributed by atoms with Crippen molar-refractivity contribution < 1.29 is 14.6 Å². The van der Waals surface area contributed by atoms with E-state index in [1.54, 1.807) is 42.5 Å². The summed E-state index contributed by atoms with van der Waals surface area (Å²) in [5.74, 6) is 0.385. The number of carbonyl (C=O) groups excluding carboxylic acids is 1. The summed E-state index contributed by atoms with van der Waals surface area (Å²) < 4.78 is 5.16. The Kier molecular flexibility index (Phi) is 6.57. The molecule has 0 aliphatic heterocycles. The van der Waals surface area contributed by atoms with E-state index in [2.05, 4.69) is 5.32 Å². The van der Waals surface area contributed by atoms with Crippen molar-refractivity contribution in [2.45, 2.75) is 6.42 Å². The van der Waals surface area contributed by atoms with Crippen LogP contribution in [0.1, 0.15) is 11.1 Å². The van der Waals surface area contributed by atoms with Gasteiger partial charge in [-0.15, -0.1) is 0 Å². The minimum atomic E-state index is -0.227. The van der Waals surface area contributed by atoms with E-state index in [1.807, 2.05) is 18.2 Å². The van der Waals surface area contributed by atoms with Crippen molar-refractivity contribution in [2.24, 2.45) is 0 Å². The lowest BCUT2D eigenvalue weighted by atomic mass is 10.1. The van der Waals surface area contributed by atoms with Gasteiger partial charge in [0.05, 0.1) is 0 Å². The van der Waals surface area contributed by atoms with Gasteiger partial charge in [-0.25, -0.2) is 0 Å². The normalized spacial score (nSPS) is 10.3. The highest BCUT2D eigenvalue weighted by atomic mass is 16.5. The molecular formula is C19H18N2O3. The predicted octanol–water partition coefficient (Wildman–Crippen LogP) is 2.78. The molecule has 0 atom stereocenters. The molecule has 122 valence electrons. The highest BCUT2D eigenvalue weighted by Crippen LogP contribution is 2.13. The van der Waals surface area contributed by atoms with Gasteiger partial charge in [-0.3, -0.25) is 4.79 Å². The Morgan fingerprint density at radius 3 is 2.50 bits per heavy atom. The molecule has 0 radical (unpaired) electrons. The molecule has 2 aromatic rings. The maximum Gasteiger partial charge on any atom is 0.248 e. The molecular weight excluding hydrogens is 304 g/mol. The number of nitrogens with one attached hydrogen (secondary N) is 1. The Morgan fingerprint density at radius 2 is 1.88 bits per heavy atom. The zero-order chi connectivity index (χ0) is 17.2. The number of ether oxygens (including phenoxy) is 1. The Labute approximate surface area is 140 Å². The highest BCUT2D eigenvalue weighted by molar-refractivity contribution is 6.01. The molecule has 0 spiro atoms. The fourth-order valence-corrected chi connectivity index (χ4v) is 2.03. The smallest absolute Gasteiger partial charge is 0.248 e. The van der Waals surface area contributed by atoms with Crippen molar-refractivity contribution in [3.05, 3.63) is 65.7 Å². The summed E-state index contributed by atoms with van der Waals surface area (Å²) >= 11 is 0. The Hall–Kier alpha value is -3.10. The van der Waals surface area contributed by atoms with Gasteiger partial charge in [0, 0.05) is 18.4 Å². The number of aliphatic hydroxyl groups excluding tert-OH is 1. The number of rotatable bonds is 7. The van der Waals surface area contributed by atoms with Crippen LogP contribution in [0, 0.1) is 11.3 Å². The zero-order valence-corrected chi connectivity index (χ0v) is 13.1. The monoisotopic (exact) mass is 322 g/mol. The maximum atomic E-state index is 11.9. The number of hydrogen-bond acceptors (Lipinski definition) is 4. The minimum Gasteiger partial charge on any atom is -0.479 e. The summed E-state index contributed by atoms with van der Waals surface area (Å²) in [5.41, 5.74) is 2.57. The first-order valence-electron chi connectivity index (χ1n) is 7.50. The average molecular weight is 322 g/mol. The molecule has 0 bridgehead atoms. The lowest BCUT2D eigenvalue weighted by molar-refractivity contribution is -0.111. The van der Waals surface area contributed by atoms with E-state index in [0.29, 0.717) is 17.9 Å². The molecule has 2 aromatic carbocycles. The number of amides is 1. The Morgan fingerprint density at radius 1 is 1.17 bits per heavy atom. The summed E-state index contributed by atoms with van der Waals surface area (Å²) in [7, 11) is 0. The largest absolute Gasteiger partial charge is 0.479 e. The van der Waals surface area contributed by atoms with E-state index < -0.39 is 0 Å². The summed E-state index contributed by atoms with van der Waals surface area (Å²) in [4.78, 5) is 11.9. The third-order valence-corrected chi connectivity index (χ3v) is 3.23. The molecule has 5 nitrogen and oxygen atoms in total.